The van der Waals surface area contributed by atoms with Crippen molar-refractivity contribution in [2.75, 3.05) is 7.05 Å². The number of carbonyl (C=O) groups is 9. The van der Waals surface area contributed by atoms with Crippen molar-refractivity contribution in [3.05, 3.63) is 102 Å². The van der Waals surface area contributed by atoms with Gasteiger partial charge in [-0.3, -0.25) is 38.4 Å². The Kier molecular flexibility index (Phi) is 19.5. The first kappa shape index (κ1) is 56.5. The maximum absolute atomic E-state index is 15.3. The van der Waals surface area contributed by atoms with Gasteiger partial charge in [0.25, 0.3) is 0 Å². The van der Waals surface area contributed by atoms with Crippen molar-refractivity contribution in [3.8, 4) is 5.75 Å². The summed E-state index contributed by atoms with van der Waals surface area (Å²) in [6, 6.07) is 10.9. The molecule has 3 aromatic carbocycles. The first-order valence-electron chi connectivity index (χ1n) is 25.3. The number of aliphatic hydroxyl groups excluding tert-OH is 1. The molecule has 9 atom stereocenters. The molecule has 4 aromatic rings. The van der Waals surface area contributed by atoms with Crippen molar-refractivity contribution in [2.45, 2.75) is 147 Å². The number of carboxylic acids is 1. The third-order valence-electron chi connectivity index (χ3n) is 13.6. The van der Waals surface area contributed by atoms with E-state index in [2.05, 4.69) is 31.6 Å². The number of unbranched alkanes of at least 4 members (excludes halogenated alkanes) is 2. The lowest BCUT2D eigenvalue weighted by Crippen LogP contribution is -2.65. The lowest BCUT2D eigenvalue weighted by molar-refractivity contribution is -0.165. The number of hydrogen-bond donors (Lipinski definition) is 9. The molecule has 7 amide bonds. The fraction of sp³-hybridized carbons (Fsp3) is 0.463. The molecule has 3 heterocycles. The number of phenols is 1. The molecule has 0 aliphatic carbocycles. The molecule has 2 aliphatic heterocycles. The van der Waals surface area contributed by atoms with Gasteiger partial charge in [-0.1, -0.05) is 94.3 Å². The van der Waals surface area contributed by atoms with E-state index in [4.69, 9.17) is 4.74 Å². The van der Waals surface area contributed by atoms with E-state index in [0.29, 0.717) is 29.5 Å². The second-order valence-electron chi connectivity index (χ2n) is 19.6. The van der Waals surface area contributed by atoms with Gasteiger partial charge in [-0.25, -0.2) is 4.79 Å². The number of fused-ring (bicyclic) bond motifs is 3. The fourth-order valence-corrected chi connectivity index (χ4v) is 9.36. The lowest BCUT2D eigenvalue weighted by Gasteiger charge is -2.43. The molecule has 21 nitrogen and oxygen atoms in total. The lowest BCUT2D eigenvalue weighted by atomic mass is 9.95. The number of piperidine rings is 1. The third kappa shape index (κ3) is 14.7. The first-order chi connectivity index (χ1) is 35.8. The van der Waals surface area contributed by atoms with Crippen molar-refractivity contribution in [2.24, 2.45) is 5.92 Å². The van der Waals surface area contributed by atoms with Gasteiger partial charge in [-0.2, -0.15) is 0 Å². The Labute approximate surface area is 434 Å². The summed E-state index contributed by atoms with van der Waals surface area (Å²) in [5.74, 6) is -9.53. The van der Waals surface area contributed by atoms with Crippen molar-refractivity contribution in [1.29, 1.82) is 0 Å². The molecule has 9 N–H and O–H groups in total. The van der Waals surface area contributed by atoms with Gasteiger partial charge in [-0.05, 0) is 67.0 Å². The summed E-state index contributed by atoms with van der Waals surface area (Å²) in [4.78, 5) is 133. The second-order valence-corrected chi connectivity index (χ2v) is 19.6. The molecule has 1 aromatic heterocycles. The molecule has 0 saturated carbocycles. The zero-order chi connectivity index (χ0) is 54.5. The van der Waals surface area contributed by atoms with Crippen LogP contribution in [0.5, 0.6) is 5.75 Å². The Bertz CT molecular complexity index is 2700. The summed E-state index contributed by atoms with van der Waals surface area (Å²) in [5, 5.41) is 45.2. The second kappa shape index (κ2) is 25.9. The number of nitrogens with zero attached hydrogens (tertiary/aromatic N) is 2. The number of carboxylic acid groups (broad SMARTS) is 1. The van der Waals surface area contributed by atoms with Crippen molar-refractivity contribution >= 4 is 64.2 Å². The fourth-order valence-electron chi connectivity index (χ4n) is 9.36. The zero-order valence-electron chi connectivity index (χ0n) is 42.7. The zero-order valence-corrected chi connectivity index (χ0v) is 42.7. The number of rotatable bonds is 16. The average molecular weight is 1040 g/mol. The first-order valence-corrected chi connectivity index (χ1v) is 25.3. The largest absolute Gasteiger partial charge is 0.508 e. The summed E-state index contributed by atoms with van der Waals surface area (Å²) in [7, 11) is 1.39. The van der Waals surface area contributed by atoms with E-state index in [1.807, 2.05) is 31.2 Å². The number of likely N-dealkylation sites (N-methyl/N-ethyl adjacent to an activating group) is 1. The van der Waals surface area contributed by atoms with E-state index in [9.17, 15) is 53.7 Å². The number of carbonyl (C=O) groups excluding carboxylic acids is 8. The van der Waals surface area contributed by atoms with Crippen LogP contribution in [0.3, 0.4) is 0 Å². The van der Waals surface area contributed by atoms with Gasteiger partial charge in [-0.15, -0.1) is 0 Å². The predicted molar refractivity (Wildman–Crippen MR) is 273 cm³/mol. The van der Waals surface area contributed by atoms with Crippen molar-refractivity contribution < 1.29 is 63.2 Å². The highest BCUT2D eigenvalue weighted by Gasteiger charge is 2.46. The van der Waals surface area contributed by atoms with Crippen molar-refractivity contribution in [1.82, 2.24) is 41.4 Å². The maximum Gasteiger partial charge on any atom is 0.329 e. The van der Waals surface area contributed by atoms with Crippen LogP contribution in [0.4, 0.5) is 0 Å². The van der Waals surface area contributed by atoms with E-state index in [1.54, 1.807) is 50.4 Å². The number of aromatic nitrogens is 1. The molecular weight excluding hydrogens is 969 g/mol. The molecule has 402 valence electrons. The van der Waals surface area contributed by atoms with E-state index < -0.39 is 120 Å². The summed E-state index contributed by atoms with van der Waals surface area (Å²) in [5.41, 5.74) is 2.39. The number of aliphatic carboxylic acids is 1. The van der Waals surface area contributed by atoms with Crippen LogP contribution in [0.1, 0.15) is 89.3 Å². The van der Waals surface area contributed by atoms with Gasteiger partial charge in [0.15, 0.2) is 0 Å². The minimum absolute atomic E-state index is 0.0218. The minimum Gasteiger partial charge on any atom is -0.508 e. The quantitative estimate of drug-likeness (QED) is 0.0575. The van der Waals surface area contributed by atoms with Gasteiger partial charge in [0.05, 0.1) is 6.42 Å². The maximum atomic E-state index is 15.3. The number of ether oxygens (including phenoxy) is 1. The SMILES string of the molecule is CCCCCC(=O)NC(CC(=O)O)C(=O)NC1C(=O)NC(Cc2ccc(O)cc2)C(=O)NC2CCC(O)N(C2=O)C(Cc2ccccc2)C(=O)N(C)C(Cc2c[nH]c3ccccc23)C(=O)NC(C(C)C)C(=O)OC1C. The van der Waals surface area contributed by atoms with E-state index in [0.717, 1.165) is 22.2 Å². The van der Waals surface area contributed by atoms with Gasteiger partial charge >= 0.3 is 11.9 Å². The summed E-state index contributed by atoms with van der Waals surface area (Å²) >= 11 is 0. The molecule has 0 radical (unpaired) electrons. The van der Waals surface area contributed by atoms with Crippen LogP contribution in [0.2, 0.25) is 0 Å². The van der Waals surface area contributed by atoms with E-state index >= 15 is 4.79 Å². The highest BCUT2D eigenvalue weighted by Crippen LogP contribution is 2.27. The van der Waals surface area contributed by atoms with Gasteiger partial charge in [0, 0.05) is 49.8 Å². The van der Waals surface area contributed by atoms with Crippen LogP contribution >= 0.6 is 0 Å². The summed E-state index contributed by atoms with van der Waals surface area (Å²) in [6.07, 6.45) is -1.17. The number of para-hydroxylation sites is 1. The molecule has 9 unspecified atom stereocenters. The smallest absolute Gasteiger partial charge is 0.329 e. The van der Waals surface area contributed by atoms with E-state index in [-0.39, 0.29) is 44.3 Å². The Hall–Kier alpha value is -7.81. The Morgan fingerprint density at radius 3 is 2.15 bits per heavy atom. The number of aliphatic hydroxyl groups is 1. The van der Waals surface area contributed by atoms with E-state index in [1.165, 1.54) is 43.1 Å². The number of phenolic OH excluding ortho intramolecular Hbond substituents is 1. The van der Waals surface area contributed by atoms with Crippen LogP contribution in [-0.4, -0.2) is 145 Å². The number of H-pyrrole nitrogens is 1. The molecule has 2 saturated heterocycles. The molecular formula is C54H68N8O13. The number of hydrogen-bond acceptors (Lipinski definition) is 12. The molecule has 2 fully saturated rings. The Morgan fingerprint density at radius 1 is 0.787 bits per heavy atom. The van der Waals surface area contributed by atoms with Gasteiger partial charge < -0.3 is 61.4 Å². The number of aromatic hydroxyl groups is 1. The van der Waals surface area contributed by atoms with Crippen LogP contribution < -0.4 is 26.6 Å². The topological polar surface area (TPSA) is 306 Å². The van der Waals surface area contributed by atoms with Crippen LogP contribution in [0, 0.1) is 5.92 Å². The predicted octanol–water partition coefficient (Wildman–Crippen LogP) is 2.12. The number of aromatic amines is 1. The monoisotopic (exact) mass is 1040 g/mol. The summed E-state index contributed by atoms with van der Waals surface area (Å²) < 4.78 is 5.91. The molecule has 0 spiro atoms. The number of amides is 7. The van der Waals surface area contributed by atoms with Gasteiger partial charge in [0.1, 0.15) is 60.4 Å². The summed E-state index contributed by atoms with van der Waals surface area (Å²) in [6.45, 7) is 6.41. The van der Waals surface area contributed by atoms with Crippen LogP contribution in [-0.2, 0) is 67.2 Å². The highest BCUT2D eigenvalue weighted by molar-refractivity contribution is 5.99. The third-order valence-corrected chi connectivity index (χ3v) is 13.6. The number of cyclic esters (lactones) is 1. The van der Waals surface area contributed by atoms with Crippen LogP contribution in [0.25, 0.3) is 10.9 Å². The Balaban J connectivity index is 1.46. The normalized spacial score (nSPS) is 23.7. The number of nitrogens with one attached hydrogen (secondary N) is 6. The number of benzene rings is 3. The highest BCUT2D eigenvalue weighted by atomic mass is 16.5. The van der Waals surface area contributed by atoms with Crippen LogP contribution in [0.15, 0.2) is 85.1 Å². The Morgan fingerprint density at radius 2 is 1.47 bits per heavy atom. The minimum atomic E-state index is -1.89. The average Bonchev–Trinajstić information content (AvgIpc) is 3.79. The molecule has 75 heavy (non-hydrogen) atoms. The number of esters is 1. The van der Waals surface area contributed by atoms with Gasteiger partial charge in [0.2, 0.25) is 41.4 Å². The molecule has 6 rings (SSSR count). The molecule has 2 bridgehead atoms. The van der Waals surface area contributed by atoms with Crippen molar-refractivity contribution in [3.63, 3.8) is 0 Å². The molecule has 21 heteroatoms. The standard InChI is InChI=1S/C54H68N8O13/c1-6-7-9-18-43(64)56-40(28-45(66)67)49(69)60-47-31(4)75-54(74)46(30(2)3)59-50(70)41(27-34-29-55-37-17-13-12-16-36(34)37)61(5)53(73)42(26-32-14-10-8-11-15-32)62-44(65)24-23-38(52(62)72)57-48(68)39(58-51(47)71)25-33-19-21-35(63)22-20-33/h8,10-17,19-22,29-31,38-42,44,46-47,55,63,65H,6-7,9,18,23-28H2,1-5H3,(H,56,64)(H,57,68)(H,58,71)(H,59,70)(H,60,69)(H,66,67). The molecule has 2 aliphatic rings.